The van der Waals surface area contributed by atoms with Crippen LogP contribution >= 0.6 is 0 Å². The van der Waals surface area contributed by atoms with E-state index in [-0.39, 0.29) is 15.2 Å². The first-order chi connectivity index (χ1) is 3.00. The zero-order valence-electron chi connectivity index (χ0n) is 3.94. The smallest absolute Gasteiger partial charge is 0.277 e. The quantitative estimate of drug-likeness (QED) is 0.396. The van der Waals surface area contributed by atoms with Gasteiger partial charge in [0.25, 0.3) is 15.2 Å². The third-order valence-corrected chi connectivity index (χ3v) is 2.65. The van der Waals surface area contributed by atoms with Crippen molar-refractivity contribution in [3.05, 3.63) is 0 Å². The molecule has 1 nitrogen and oxygen atoms in total. The van der Waals surface area contributed by atoms with Crippen molar-refractivity contribution < 1.29 is 4.74 Å². The Kier molecular flexibility index (Phi) is 2.04. The summed E-state index contributed by atoms with van der Waals surface area (Å²) >= 11 is 0.286. The molecule has 0 spiro atoms. The molecule has 0 N–H and O–H groups in total. The topological polar surface area (TPSA) is 9.23 Å². The van der Waals surface area contributed by atoms with E-state index in [0.717, 1.165) is 12.1 Å². The van der Waals surface area contributed by atoms with Gasteiger partial charge in [0.1, 0.15) is 0 Å². The summed E-state index contributed by atoms with van der Waals surface area (Å²) in [5.74, 6) is 0. The predicted molar refractivity (Wildman–Crippen MR) is 27.4 cm³/mol. The molecule has 0 aromatic carbocycles. The zero-order valence-corrected chi connectivity index (χ0v) is 5.36. The van der Waals surface area contributed by atoms with Crippen LogP contribution in [0.5, 0.6) is 0 Å². The van der Waals surface area contributed by atoms with Crippen LogP contribution in [0.1, 0.15) is 6.42 Å². The highest BCUT2D eigenvalue weighted by Crippen LogP contribution is 1.95. The van der Waals surface area contributed by atoms with Crippen LogP contribution in [-0.4, -0.2) is 27.3 Å². The molecular formula is C4H9AlO. The van der Waals surface area contributed by atoms with Crippen molar-refractivity contribution in [3.63, 3.8) is 0 Å². The van der Waals surface area contributed by atoms with Gasteiger partial charge >= 0.3 is 0 Å². The molecule has 0 bridgehead atoms. The van der Waals surface area contributed by atoms with E-state index in [4.69, 9.17) is 4.74 Å². The SMILES string of the molecule is C1CO[CH2][AlH][CH2]1. The standard InChI is InChI=1S/C4H8O.Al.H/c1-3-4-5-2;;/h1-4H2;;. The molecule has 34 valence electrons. The molecule has 0 saturated carbocycles. The number of hydrogen-bond acceptors (Lipinski definition) is 1. The van der Waals surface area contributed by atoms with E-state index in [1.807, 2.05) is 0 Å². The van der Waals surface area contributed by atoms with Gasteiger partial charge in [0.2, 0.25) is 0 Å². The molecule has 0 radical (unpaired) electrons. The number of hydrogen-bond donors (Lipinski definition) is 0. The lowest BCUT2D eigenvalue weighted by Crippen LogP contribution is -2.11. The van der Waals surface area contributed by atoms with Gasteiger partial charge in [-0.05, 0) is 11.9 Å². The van der Waals surface area contributed by atoms with Crippen molar-refractivity contribution in [1.29, 1.82) is 0 Å². The molecule has 0 aliphatic carbocycles. The average molecular weight is 100 g/mol. The van der Waals surface area contributed by atoms with Crippen molar-refractivity contribution in [2.75, 3.05) is 12.1 Å². The Balaban J connectivity index is 2.00. The highest BCUT2D eigenvalue weighted by molar-refractivity contribution is 6.35. The van der Waals surface area contributed by atoms with E-state index in [1.165, 1.54) is 11.7 Å². The largest absolute Gasteiger partial charge is 0.397 e. The first kappa shape index (κ1) is 4.65. The van der Waals surface area contributed by atoms with Gasteiger partial charge < -0.3 is 4.74 Å². The van der Waals surface area contributed by atoms with Gasteiger partial charge in [-0.25, -0.2) is 0 Å². The van der Waals surface area contributed by atoms with Crippen LogP contribution in [0, 0.1) is 0 Å². The monoisotopic (exact) mass is 100 g/mol. The minimum Gasteiger partial charge on any atom is -0.397 e. The van der Waals surface area contributed by atoms with Gasteiger partial charge in [-0.2, -0.15) is 0 Å². The Labute approximate surface area is 44.4 Å². The molecule has 1 saturated heterocycles. The van der Waals surface area contributed by atoms with Crippen LogP contribution in [-0.2, 0) is 4.74 Å². The minimum atomic E-state index is 0.286. The van der Waals surface area contributed by atoms with Crippen LogP contribution in [0.2, 0.25) is 5.28 Å². The molecule has 0 aromatic rings. The fourth-order valence-electron chi connectivity index (χ4n) is 0.687. The molecule has 1 rings (SSSR count). The predicted octanol–water partition coefficient (Wildman–Crippen LogP) is 0.219. The average Bonchev–Trinajstić information content (AvgIpc) is 1.72. The van der Waals surface area contributed by atoms with Crippen molar-refractivity contribution in [3.8, 4) is 0 Å². The van der Waals surface area contributed by atoms with Gasteiger partial charge in [-0.15, -0.1) is 0 Å². The molecule has 2 heteroatoms. The fourth-order valence-corrected chi connectivity index (χ4v) is 1.86. The van der Waals surface area contributed by atoms with Crippen LogP contribution in [0.25, 0.3) is 0 Å². The lowest BCUT2D eigenvalue weighted by Gasteiger charge is -2.06. The Morgan fingerprint density at radius 1 is 1.50 bits per heavy atom. The van der Waals surface area contributed by atoms with E-state index in [9.17, 15) is 0 Å². The zero-order chi connectivity index (χ0) is 4.24. The molecule has 1 fully saturated rings. The summed E-state index contributed by atoms with van der Waals surface area (Å²) in [6.45, 7) is 1.03. The highest BCUT2D eigenvalue weighted by Gasteiger charge is 1.99. The fraction of sp³-hybridized carbons (Fsp3) is 1.00. The van der Waals surface area contributed by atoms with Crippen molar-refractivity contribution >= 4 is 15.2 Å². The summed E-state index contributed by atoms with van der Waals surface area (Å²) < 4.78 is 5.13. The van der Waals surface area contributed by atoms with Crippen LogP contribution < -0.4 is 0 Å². The van der Waals surface area contributed by atoms with Crippen LogP contribution in [0.3, 0.4) is 0 Å². The number of rotatable bonds is 0. The summed E-state index contributed by atoms with van der Waals surface area (Å²) in [7, 11) is 0. The van der Waals surface area contributed by atoms with Gasteiger partial charge in [-0.3, -0.25) is 0 Å². The summed E-state index contributed by atoms with van der Waals surface area (Å²) in [6, 6.07) is 0. The van der Waals surface area contributed by atoms with Crippen molar-refractivity contribution in [2.45, 2.75) is 11.7 Å². The van der Waals surface area contributed by atoms with E-state index >= 15 is 0 Å². The third kappa shape index (κ3) is 1.30. The maximum atomic E-state index is 5.13. The maximum absolute atomic E-state index is 5.13. The third-order valence-electron chi connectivity index (χ3n) is 1.08. The summed E-state index contributed by atoms with van der Waals surface area (Å²) in [6.07, 6.45) is 1.34. The van der Waals surface area contributed by atoms with Crippen LogP contribution in [0.15, 0.2) is 0 Å². The van der Waals surface area contributed by atoms with Gasteiger partial charge in [0.15, 0.2) is 0 Å². The molecule has 0 unspecified atom stereocenters. The van der Waals surface area contributed by atoms with Gasteiger partial charge in [0.05, 0.1) is 0 Å². The highest BCUT2D eigenvalue weighted by atomic mass is 27.1. The summed E-state index contributed by atoms with van der Waals surface area (Å²) in [5.41, 5.74) is 1.14. The number of ether oxygens (including phenoxy) is 1. The second-order valence-electron chi connectivity index (χ2n) is 1.67. The maximum Gasteiger partial charge on any atom is 0.277 e. The second kappa shape index (κ2) is 2.63. The lowest BCUT2D eigenvalue weighted by atomic mass is 10.5. The Morgan fingerprint density at radius 2 is 2.50 bits per heavy atom. The van der Waals surface area contributed by atoms with E-state index in [2.05, 4.69) is 0 Å². The summed E-state index contributed by atoms with van der Waals surface area (Å²) in [4.78, 5) is 0. The van der Waals surface area contributed by atoms with Crippen LogP contribution in [0.4, 0.5) is 0 Å². The molecule has 6 heavy (non-hydrogen) atoms. The molecule has 1 aliphatic rings. The minimum absolute atomic E-state index is 0.286. The first-order valence-electron chi connectivity index (χ1n) is 2.58. The molecular weight excluding hydrogens is 91.0 g/mol. The normalized spacial score (nSPS) is 22.7. The lowest BCUT2D eigenvalue weighted by molar-refractivity contribution is 0.166. The van der Waals surface area contributed by atoms with Gasteiger partial charge in [0, 0.05) is 6.61 Å². The Morgan fingerprint density at radius 3 is 2.67 bits per heavy atom. The molecule has 0 amide bonds. The summed E-state index contributed by atoms with van der Waals surface area (Å²) in [5, 5.41) is 1.51. The van der Waals surface area contributed by atoms with Crippen molar-refractivity contribution in [1.82, 2.24) is 0 Å². The Hall–Kier alpha value is 0.492. The second-order valence-corrected chi connectivity index (χ2v) is 3.50. The molecule has 1 heterocycles. The Bertz CT molecular complexity index is 23.0. The van der Waals surface area contributed by atoms with E-state index in [1.54, 1.807) is 0 Å². The van der Waals surface area contributed by atoms with Gasteiger partial charge in [-0.1, -0.05) is 5.28 Å². The van der Waals surface area contributed by atoms with E-state index < -0.39 is 0 Å². The van der Waals surface area contributed by atoms with E-state index in [0.29, 0.717) is 0 Å². The molecule has 1 aliphatic heterocycles. The molecule has 0 aromatic heterocycles. The molecule has 0 atom stereocenters. The van der Waals surface area contributed by atoms with Crippen molar-refractivity contribution in [2.24, 2.45) is 0 Å². The first-order valence-corrected chi connectivity index (χ1v) is 4.58.